The van der Waals surface area contributed by atoms with Crippen LogP contribution in [0.5, 0.6) is 0 Å². The molecule has 1 amide bonds. The van der Waals surface area contributed by atoms with Crippen LogP contribution >= 0.6 is 0 Å². The van der Waals surface area contributed by atoms with Crippen LogP contribution in [0.25, 0.3) is 0 Å². The average molecular weight is 193 g/mol. The summed E-state index contributed by atoms with van der Waals surface area (Å²) in [5, 5.41) is 2.55. The Bertz CT molecular complexity index is 360. The van der Waals surface area contributed by atoms with Crippen molar-refractivity contribution < 1.29 is 9.18 Å². The Hall–Kier alpha value is -1.64. The summed E-state index contributed by atoms with van der Waals surface area (Å²) < 4.78 is 12.9. The Labute approximate surface area is 82.4 Å². The van der Waals surface area contributed by atoms with Crippen molar-refractivity contribution in [1.82, 2.24) is 0 Å². The van der Waals surface area contributed by atoms with Crippen LogP contribution < -0.4 is 5.32 Å². The molecule has 0 saturated heterocycles. The summed E-state index contributed by atoms with van der Waals surface area (Å²) in [5.41, 5.74) is 1.42. The number of halogens is 1. The third kappa shape index (κ3) is 2.42. The molecular formula is C11H12FNO. The largest absolute Gasteiger partial charge is 0.322 e. The number of anilines is 1. The number of benzene rings is 1. The molecule has 0 aliphatic heterocycles. The fraction of sp³-hybridized carbons (Fsp3) is 0.182. The van der Waals surface area contributed by atoms with Crippen LogP contribution in [-0.2, 0) is 11.2 Å². The van der Waals surface area contributed by atoms with E-state index in [2.05, 4.69) is 11.9 Å². The summed E-state index contributed by atoms with van der Waals surface area (Å²) >= 11 is 0. The summed E-state index contributed by atoms with van der Waals surface area (Å²) in [5.74, 6) is -0.688. The second kappa shape index (κ2) is 4.56. The monoisotopic (exact) mass is 193 g/mol. The van der Waals surface area contributed by atoms with Gasteiger partial charge in [-0.2, -0.15) is 0 Å². The van der Waals surface area contributed by atoms with Crippen molar-refractivity contribution in [2.45, 2.75) is 13.3 Å². The lowest BCUT2D eigenvalue weighted by Crippen LogP contribution is -2.09. The predicted molar refractivity (Wildman–Crippen MR) is 54.6 cm³/mol. The molecule has 0 atom stereocenters. The van der Waals surface area contributed by atoms with Crippen molar-refractivity contribution in [3.05, 3.63) is 42.2 Å². The standard InChI is InChI=1S/C11H12FNO/c1-3-8-5-6-9(12)7-10(8)13-11(14)4-2/h4-7H,2-3H2,1H3,(H,13,14). The maximum Gasteiger partial charge on any atom is 0.247 e. The number of hydrogen-bond donors (Lipinski definition) is 1. The molecule has 0 heterocycles. The Kier molecular flexibility index (Phi) is 3.40. The Balaban J connectivity index is 2.98. The van der Waals surface area contributed by atoms with Gasteiger partial charge in [-0.25, -0.2) is 4.39 Å². The second-order valence-corrected chi connectivity index (χ2v) is 2.85. The number of amides is 1. The van der Waals surface area contributed by atoms with E-state index in [9.17, 15) is 9.18 Å². The lowest BCUT2D eigenvalue weighted by atomic mass is 10.1. The van der Waals surface area contributed by atoms with Crippen molar-refractivity contribution in [2.75, 3.05) is 5.32 Å². The van der Waals surface area contributed by atoms with Crippen molar-refractivity contribution in [1.29, 1.82) is 0 Å². The van der Waals surface area contributed by atoms with Crippen LogP contribution in [0.4, 0.5) is 10.1 Å². The topological polar surface area (TPSA) is 29.1 Å². The Morgan fingerprint density at radius 2 is 2.36 bits per heavy atom. The number of rotatable bonds is 3. The number of hydrogen-bond acceptors (Lipinski definition) is 1. The molecule has 1 N–H and O–H groups in total. The summed E-state index contributed by atoms with van der Waals surface area (Å²) in [6.07, 6.45) is 1.90. The maximum absolute atomic E-state index is 12.9. The normalized spacial score (nSPS) is 9.57. The van der Waals surface area contributed by atoms with E-state index in [1.165, 1.54) is 12.1 Å². The van der Waals surface area contributed by atoms with Gasteiger partial charge in [-0.1, -0.05) is 19.6 Å². The summed E-state index contributed by atoms with van der Waals surface area (Å²) in [4.78, 5) is 11.0. The first-order valence-corrected chi connectivity index (χ1v) is 4.39. The van der Waals surface area contributed by atoms with Crippen molar-refractivity contribution in [2.24, 2.45) is 0 Å². The predicted octanol–water partition coefficient (Wildman–Crippen LogP) is 2.51. The van der Waals surface area contributed by atoms with Crippen molar-refractivity contribution in [3.63, 3.8) is 0 Å². The first kappa shape index (κ1) is 10.4. The van der Waals surface area contributed by atoms with E-state index in [0.717, 1.165) is 18.1 Å². The second-order valence-electron chi connectivity index (χ2n) is 2.85. The number of nitrogens with one attached hydrogen (secondary N) is 1. The minimum atomic E-state index is -0.360. The summed E-state index contributed by atoms with van der Waals surface area (Å²) in [6.45, 7) is 5.27. The van der Waals surface area contributed by atoms with Gasteiger partial charge in [0.1, 0.15) is 5.82 Å². The van der Waals surface area contributed by atoms with Crippen LogP contribution in [0.2, 0.25) is 0 Å². The van der Waals surface area contributed by atoms with Crippen LogP contribution in [0, 0.1) is 5.82 Å². The molecule has 0 aliphatic carbocycles. The molecule has 0 radical (unpaired) electrons. The van der Waals surface area contributed by atoms with Gasteiger partial charge in [-0.05, 0) is 30.2 Å². The lowest BCUT2D eigenvalue weighted by molar-refractivity contribution is -0.111. The van der Waals surface area contributed by atoms with Crippen molar-refractivity contribution in [3.8, 4) is 0 Å². The van der Waals surface area contributed by atoms with Gasteiger partial charge in [-0.15, -0.1) is 0 Å². The molecule has 1 aromatic rings. The van der Waals surface area contributed by atoms with E-state index in [1.54, 1.807) is 6.07 Å². The van der Waals surface area contributed by atoms with Gasteiger partial charge in [0.25, 0.3) is 0 Å². The van der Waals surface area contributed by atoms with E-state index in [1.807, 2.05) is 6.92 Å². The molecule has 1 aromatic carbocycles. The minimum Gasteiger partial charge on any atom is -0.322 e. The molecule has 0 unspecified atom stereocenters. The molecule has 1 rings (SSSR count). The zero-order chi connectivity index (χ0) is 10.6. The Morgan fingerprint density at radius 1 is 1.64 bits per heavy atom. The van der Waals surface area contributed by atoms with Crippen LogP contribution in [0.1, 0.15) is 12.5 Å². The van der Waals surface area contributed by atoms with E-state index in [-0.39, 0.29) is 11.7 Å². The highest BCUT2D eigenvalue weighted by Gasteiger charge is 2.04. The smallest absolute Gasteiger partial charge is 0.247 e. The average Bonchev–Trinajstić information content (AvgIpc) is 2.18. The van der Waals surface area contributed by atoms with Gasteiger partial charge in [0.15, 0.2) is 0 Å². The first-order chi connectivity index (χ1) is 6.67. The van der Waals surface area contributed by atoms with Gasteiger partial charge in [0.2, 0.25) is 5.91 Å². The molecule has 3 heteroatoms. The van der Waals surface area contributed by atoms with E-state index >= 15 is 0 Å². The molecular weight excluding hydrogens is 181 g/mol. The molecule has 0 bridgehead atoms. The van der Waals surface area contributed by atoms with E-state index in [0.29, 0.717) is 5.69 Å². The van der Waals surface area contributed by atoms with Crippen LogP contribution in [-0.4, -0.2) is 5.91 Å². The highest BCUT2D eigenvalue weighted by atomic mass is 19.1. The van der Waals surface area contributed by atoms with Gasteiger partial charge in [0, 0.05) is 5.69 Å². The highest BCUT2D eigenvalue weighted by Crippen LogP contribution is 2.17. The van der Waals surface area contributed by atoms with E-state index in [4.69, 9.17) is 0 Å². The molecule has 14 heavy (non-hydrogen) atoms. The van der Waals surface area contributed by atoms with Gasteiger partial charge < -0.3 is 5.32 Å². The van der Waals surface area contributed by atoms with Gasteiger partial charge in [0.05, 0.1) is 0 Å². The quantitative estimate of drug-likeness (QED) is 0.734. The Morgan fingerprint density at radius 3 is 2.93 bits per heavy atom. The maximum atomic E-state index is 12.9. The molecule has 74 valence electrons. The SMILES string of the molecule is C=CC(=O)Nc1cc(F)ccc1CC. The molecule has 0 fully saturated rings. The summed E-state index contributed by atoms with van der Waals surface area (Å²) in [6, 6.07) is 4.34. The zero-order valence-electron chi connectivity index (χ0n) is 8.01. The summed E-state index contributed by atoms with van der Waals surface area (Å²) in [7, 11) is 0. The molecule has 0 aliphatic rings. The third-order valence-electron chi connectivity index (χ3n) is 1.90. The molecule has 0 spiro atoms. The molecule has 2 nitrogen and oxygen atoms in total. The lowest BCUT2D eigenvalue weighted by Gasteiger charge is -2.07. The number of carbonyl (C=O) groups excluding carboxylic acids is 1. The zero-order valence-corrected chi connectivity index (χ0v) is 8.01. The van der Waals surface area contributed by atoms with Gasteiger partial charge >= 0.3 is 0 Å². The first-order valence-electron chi connectivity index (χ1n) is 4.39. The third-order valence-corrected chi connectivity index (χ3v) is 1.90. The highest BCUT2D eigenvalue weighted by molar-refractivity contribution is 5.99. The number of carbonyl (C=O) groups is 1. The van der Waals surface area contributed by atoms with E-state index < -0.39 is 0 Å². The molecule has 0 aromatic heterocycles. The van der Waals surface area contributed by atoms with Crippen molar-refractivity contribution >= 4 is 11.6 Å². The van der Waals surface area contributed by atoms with Crippen LogP contribution in [0.3, 0.4) is 0 Å². The molecule has 0 saturated carbocycles. The number of aryl methyl sites for hydroxylation is 1. The fourth-order valence-electron chi connectivity index (χ4n) is 1.16. The van der Waals surface area contributed by atoms with Gasteiger partial charge in [-0.3, -0.25) is 4.79 Å². The minimum absolute atomic E-state index is 0.328. The van der Waals surface area contributed by atoms with Crippen LogP contribution in [0.15, 0.2) is 30.9 Å². The fourth-order valence-corrected chi connectivity index (χ4v) is 1.16.